The smallest absolute Gasteiger partial charge is 0.346 e. The van der Waals surface area contributed by atoms with Gasteiger partial charge >= 0.3 is 5.97 Å². The summed E-state index contributed by atoms with van der Waals surface area (Å²) in [7, 11) is 0. The summed E-state index contributed by atoms with van der Waals surface area (Å²) < 4.78 is 1.45. The van der Waals surface area contributed by atoms with Crippen molar-refractivity contribution in [2.75, 3.05) is 0 Å². The van der Waals surface area contributed by atoms with Gasteiger partial charge in [-0.05, 0) is 29.5 Å². The maximum Gasteiger partial charge on any atom is 0.346 e. The molecule has 3 rings (SSSR count). The summed E-state index contributed by atoms with van der Waals surface area (Å²) in [5.41, 5.74) is 2.52. The molecule has 0 atom stereocenters. The van der Waals surface area contributed by atoms with Crippen LogP contribution in [-0.4, -0.2) is 27.5 Å². The van der Waals surface area contributed by atoms with Gasteiger partial charge in [-0.3, -0.25) is 14.2 Å². The second-order valence-corrected chi connectivity index (χ2v) is 6.53. The second kappa shape index (κ2) is 6.52. The minimum absolute atomic E-state index is 0.171. The summed E-state index contributed by atoms with van der Waals surface area (Å²) >= 11 is 1.14. The van der Waals surface area contributed by atoms with Gasteiger partial charge in [-0.25, -0.2) is 4.79 Å². The van der Waals surface area contributed by atoms with E-state index in [1.807, 2.05) is 12.1 Å². The Morgan fingerprint density at radius 3 is 2.60 bits per heavy atom. The van der Waals surface area contributed by atoms with Crippen molar-refractivity contribution in [3.8, 4) is 0 Å². The molecule has 0 bridgehead atoms. The first-order valence-electron chi connectivity index (χ1n) is 7.59. The minimum atomic E-state index is -0.968. The average molecular weight is 356 g/mol. The van der Waals surface area contributed by atoms with Gasteiger partial charge in [0.1, 0.15) is 4.88 Å². The monoisotopic (exact) mass is 356 g/mol. The minimum Gasteiger partial charge on any atom is -0.477 e. The fourth-order valence-electron chi connectivity index (χ4n) is 2.73. The van der Waals surface area contributed by atoms with Crippen LogP contribution in [0, 0.1) is 6.92 Å². The summed E-state index contributed by atoms with van der Waals surface area (Å²) in [6.45, 7) is 3.40. The average Bonchev–Trinajstić information content (AvgIpc) is 3.13. The maximum absolute atomic E-state index is 12.6. The van der Waals surface area contributed by atoms with Crippen LogP contribution in [-0.2, 0) is 6.54 Å². The number of nitrogens with one attached hydrogen (secondary N) is 1. The van der Waals surface area contributed by atoms with Crippen LogP contribution in [0.25, 0.3) is 10.9 Å². The Hall–Kier alpha value is -2.93. The lowest BCUT2D eigenvalue weighted by Gasteiger charge is -2.04. The predicted molar refractivity (Wildman–Crippen MR) is 95.4 cm³/mol. The van der Waals surface area contributed by atoms with Crippen LogP contribution in [0.3, 0.4) is 0 Å². The van der Waals surface area contributed by atoms with Crippen LogP contribution in [0.1, 0.15) is 42.9 Å². The number of benzene rings is 1. The fraction of sp³-hybridized carbons (Fsp3) is 0.167. The molecule has 0 fully saturated rings. The number of rotatable bonds is 4. The van der Waals surface area contributed by atoms with Gasteiger partial charge in [-0.1, -0.05) is 18.2 Å². The van der Waals surface area contributed by atoms with Crippen molar-refractivity contribution in [3.63, 3.8) is 0 Å². The number of carbonyl (C=O) groups excluding carboxylic acids is 2. The first-order valence-corrected chi connectivity index (χ1v) is 8.47. The van der Waals surface area contributed by atoms with Crippen molar-refractivity contribution >= 4 is 40.0 Å². The number of carbonyl (C=O) groups is 3. The van der Waals surface area contributed by atoms with E-state index in [9.17, 15) is 14.4 Å². The van der Waals surface area contributed by atoms with Crippen molar-refractivity contribution in [1.82, 2.24) is 9.88 Å². The van der Waals surface area contributed by atoms with Gasteiger partial charge in [0, 0.05) is 25.1 Å². The number of fused-ring (bicyclic) bond motifs is 1. The van der Waals surface area contributed by atoms with E-state index in [4.69, 9.17) is 5.11 Å². The van der Waals surface area contributed by atoms with Gasteiger partial charge in [0.2, 0.25) is 5.91 Å². The molecule has 0 aliphatic rings. The van der Waals surface area contributed by atoms with E-state index in [1.54, 1.807) is 24.4 Å². The van der Waals surface area contributed by atoms with Crippen LogP contribution >= 0.6 is 11.3 Å². The van der Waals surface area contributed by atoms with Crippen LogP contribution < -0.4 is 5.32 Å². The molecule has 0 aliphatic carbocycles. The van der Waals surface area contributed by atoms with Crippen molar-refractivity contribution in [2.24, 2.45) is 0 Å². The third kappa shape index (κ3) is 3.06. The van der Waals surface area contributed by atoms with E-state index in [0.29, 0.717) is 22.0 Å². The van der Waals surface area contributed by atoms with Gasteiger partial charge in [0.25, 0.3) is 5.91 Å². The molecule has 2 aromatic heterocycles. The predicted octanol–water partition coefficient (Wildman–Crippen LogP) is 3.30. The summed E-state index contributed by atoms with van der Waals surface area (Å²) in [5, 5.41) is 14.3. The molecule has 1 amide bonds. The van der Waals surface area contributed by atoms with Crippen LogP contribution in [0.5, 0.6) is 0 Å². The molecule has 2 heterocycles. The Morgan fingerprint density at radius 1 is 1.24 bits per heavy atom. The van der Waals surface area contributed by atoms with Crippen molar-refractivity contribution in [1.29, 1.82) is 0 Å². The van der Waals surface area contributed by atoms with Gasteiger partial charge in [0.05, 0.1) is 11.1 Å². The van der Waals surface area contributed by atoms with Crippen molar-refractivity contribution in [2.45, 2.75) is 20.4 Å². The molecule has 0 saturated carbocycles. The highest BCUT2D eigenvalue weighted by Gasteiger charge is 2.18. The zero-order valence-electron chi connectivity index (χ0n) is 13.7. The molecular formula is C18H16N2O4S. The lowest BCUT2D eigenvalue weighted by molar-refractivity contribution is 0.0701. The molecule has 6 nitrogen and oxygen atoms in total. The molecule has 3 aromatic rings. The fourth-order valence-corrected chi connectivity index (χ4v) is 3.66. The highest BCUT2D eigenvalue weighted by molar-refractivity contribution is 7.12. The number of amides is 1. The van der Waals surface area contributed by atoms with Gasteiger partial charge in [0.15, 0.2) is 0 Å². The number of thiophene rings is 1. The van der Waals surface area contributed by atoms with Gasteiger partial charge < -0.3 is 10.4 Å². The Morgan fingerprint density at radius 2 is 1.96 bits per heavy atom. The van der Waals surface area contributed by atoms with Crippen LogP contribution in [0.2, 0.25) is 0 Å². The van der Waals surface area contributed by atoms with Crippen LogP contribution in [0.4, 0.5) is 0 Å². The first-order chi connectivity index (χ1) is 11.9. The lowest BCUT2D eigenvalue weighted by Crippen LogP contribution is -2.22. The van der Waals surface area contributed by atoms with Crippen LogP contribution in [0.15, 0.2) is 35.8 Å². The van der Waals surface area contributed by atoms with Crippen molar-refractivity contribution in [3.05, 3.63) is 57.4 Å². The standard InChI is InChI=1S/C18H16N2O4S/c1-10-12(9-25-16(10)18(23)24)7-19-17(22)14-8-20(11(2)21)15-6-4-3-5-13(14)15/h3-6,8-9H,7H2,1-2H3,(H,19,22)(H,23,24). The molecule has 0 radical (unpaired) electrons. The number of aromatic carboxylic acids is 1. The Balaban J connectivity index is 1.86. The number of aromatic nitrogens is 1. The zero-order valence-corrected chi connectivity index (χ0v) is 14.5. The maximum atomic E-state index is 12.6. The summed E-state index contributed by atoms with van der Waals surface area (Å²) in [5.74, 6) is -1.45. The van der Waals surface area contributed by atoms with E-state index in [-0.39, 0.29) is 23.2 Å². The van der Waals surface area contributed by atoms with E-state index >= 15 is 0 Å². The molecule has 0 aliphatic heterocycles. The number of carboxylic acid groups (broad SMARTS) is 1. The SMILES string of the molecule is CC(=O)n1cc(C(=O)NCc2csc(C(=O)O)c2C)c2ccccc21. The lowest BCUT2D eigenvalue weighted by atomic mass is 10.1. The summed E-state index contributed by atoms with van der Waals surface area (Å²) in [6, 6.07) is 7.20. The molecular weight excluding hydrogens is 340 g/mol. The van der Waals surface area contributed by atoms with Crippen molar-refractivity contribution < 1.29 is 19.5 Å². The molecule has 2 N–H and O–H groups in total. The summed E-state index contributed by atoms with van der Waals surface area (Å²) in [6.07, 6.45) is 1.53. The van der Waals surface area contributed by atoms with E-state index in [1.165, 1.54) is 17.7 Å². The number of nitrogens with zero attached hydrogens (tertiary/aromatic N) is 1. The normalized spacial score (nSPS) is 10.8. The third-order valence-corrected chi connectivity index (χ3v) is 5.19. The number of para-hydroxylation sites is 1. The molecule has 128 valence electrons. The number of hydrogen-bond acceptors (Lipinski definition) is 4. The van der Waals surface area contributed by atoms with E-state index in [2.05, 4.69) is 5.32 Å². The topological polar surface area (TPSA) is 88.4 Å². The number of carboxylic acids is 1. The largest absolute Gasteiger partial charge is 0.477 e. The molecule has 0 unspecified atom stereocenters. The number of hydrogen-bond donors (Lipinski definition) is 2. The van der Waals surface area contributed by atoms with E-state index < -0.39 is 5.97 Å². The first kappa shape index (κ1) is 16.9. The molecule has 25 heavy (non-hydrogen) atoms. The highest BCUT2D eigenvalue weighted by atomic mass is 32.1. The molecule has 7 heteroatoms. The molecule has 0 saturated heterocycles. The second-order valence-electron chi connectivity index (χ2n) is 5.65. The summed E-state index contributed by atoms with van der Waals surface area (Å²) in [4.78, 5) is 35.7. The quantitative estimate of drug-likeness (QED) is 0.751. The zero-order chi connectivity index (χ0) is 18.1. The Bertz CT molecular complexity index is 1000. The molecule has 0 spiro atoms. The van der Waals surface area contributed by atoms with E-state index in [0.717, 1.165) is 16.9 Å². The van der Waals surface area contributed by atoms with Gasteiger partial charge in [-0.2, -0.15) is 0 Å². The molecule has 1 aromatic carbocycles. The Kier molecular flexibility index (Phi) is 4.41. The Labute approximate surface area is 147 Å². The van der Waals surface area contributed by atoms with Gasteiger partial charge in [-0.15, -0.1) is 11.3 Å². The highest BCUT2D eigenvalue weighted by Crippen LogP contribution is 2.23. The third-order valence-electron chi connectivity index (χ3n) is 4.07.